The van der Waals surface area contributed by atoms with E-state index in [2.05, 4.69) is 4.72 Å². The van der Waals surface area contributed by atoms with Gasteiger partial charge in [0.05, 0.1) is 12.4 Å². The first kappa shape index (κ1) is 9.95. The van der Waals surface area contributed by atoms with Crippen LogP contribution in [0.2, 0.25) is 0 Å². The van der Waals surface area contributed by atoms with Gasteiger partial charge in [-0.15, -0.1) is 0 Å². The van der Waals surface area contributed by atoms with Crippen molar-refractivity contribution in [2.75, 3.05) is 19.0 Å². The van der Waals surface area contributed by atoms with Gasteiger partial charge in [0.15, 0.2) is 0 Å². The van der Waals surface area contributed by atoms with E-state index >= 15 is 0 Å². The minimum atomic E-state index is -3.07. The second kappa shape index (κ2) is 4.20. The van der Waals surface area contributed by atoms with Crippen molar-refractivity contribution >= 4 is 10.0 Å². The molecule has 72 valence electrons. The van der Waals surface area contributed by atoms with Crippen molar-refractivity contribution in [3.63, 3.8) is 0 Å². The van der Waals surface area contributed by atoms with Gasteiger partial charge in [-0.1, -0.05) is 0 Å². The first-order valence-electron chi connectivity index (χ1n) is 4.22. The van der Waals surface area contributed by atoms with E-state index in [1.54, 1.807) is 0 Å². The molecule has 0 saturated heterocycles. The summed E-state index contributed by atoms with van der Waals surface area (Å²) in [6.07, 6.45) is 1.96. The van der Waals surface area contributed by atoms with Crippen LogP contribution < -0.4 is 4.72 Å². The molecule has 5 heteroatoms. The third-order valence-corrected chi connectivity index (χ3v) is 3.02. The molecule has 0 aromatic heterocycles. The Hall–Kier alpha value is -0.130. The van der Waals surface area contributed by atoms with Crippen LogP contribution in [-0.4, -0.2) is 33.4 Å². The van der Waals surface area contributed by atoms with Crippen molar-refractivity contribution in [2.24, 2.45) is 0 Å². The van der Waals surface area contributed by atoms with Gasteiger partial charge < -0.3 is 4.74 Å². The fraction of sp³-hybridized carbons (Fsp3) is 1.00. The molecule has 1 aliphatic rings. The summed E-state index contributed by atoms with van der Waals surface area (Å²) in [5.74, 6) is 0.0807. The zero-order valence-corrected chi connectivity index (χ0v) is 8.06. The van der Waals surface area contributed by atoms with Crippen LogP contribution in [0.3, 0.4) is 0 Å². The predicted molar refractivity (Wildman–Crippen MR) is 46.4 cm³/mol. The minimum absolute atomic E-state index is 0.0807. The molecular weight excluding hydrogens is 178 g/mol. The van der Waals surface area contributed by atoms with Gasteiger partial charge in [0.25, 0.3) is 0 Å². The zero-order chi connectivity index (χ0) is 9.03. The van der Waals surface area contributed by atoms with Gasteiger partial charge in [-0.3, -0.25) is 0 Å². The average Bonchev–Trinajstić information content (AvgIpc) is 2.71. The lowest BCUT2D eigenvalue weighted by Gasteiger charge is -2.04. The lowest BCUT2D eigenvalue weighted by atomic mass is 10.8. The van der Waals surface area contributed by atoms with Crippen molar-refractivity contribution in [3.8, 4) is 0 Å². The van der Waals surface area contributed by atoms with Gasteiger partial charge in [0.2, 0.25) is 10.0 Å². The van der Waals surface area contributed by atoms with E-state index in [1.807, 2.05) is 6.92 Å². The van der Waals surface area contributed by atoms with Gasteiger partial charge in [-0.2, -0.15) is 0 Å². The molecule has 1 rings (SSSR count). The molecule has 0 spiro atoms. The van der Waals surface area contributed by atoms with E-state index in [9.17, 15) is 8.42 Å². The highest BCUT2D eigenvalue weighted by molar-refractivity contribution is 7.89. The lowest BCUT2D eigenvalue weighted by Crippen LogP contribution is -2.30. The summed E-state index contributed by atoms with van der Waals surface area (Å²) in [4.78, 5) is 0. The second-order valence-electron chi connectivity index (χ2n) is 2.91. The van der Waals surface area contributed by atoms with Gasteiger partial charge in [0.1, 0.15) is 0 Å². The molecule has 4 nitrogen and oxygen atoms in total. The number of ether oxygens (including phenoxy) is 1. The normalized spacial score (nSPS) is 18.1. The highest BCUT2D eigenvalue weighted by Crippen LogP contribution is 2.19. The smallest absolute Gasteiger partial charge is 0.214 e. The summed E-state index contributed by atoms with van der Waals surface area (Å²) in [6.45, 7) is 2.71. The van der Waals surface area contributed by atoms with Crippen molar-refractivity contribution in [3.05, 3.63) is 0 Å². The van der Waals surface area contributed by atoms with Crippen molar-refractivity contribution in [2.45, 2.75) is 25.8 Å². The molecular formula is C7H15NO3S. The summed E-state index contributed by atoms with van der Waals surface area (Å²) in [5, 5.41) is 0. The van der Waals surface area contributed by atoms with Crippen molar-refractivity contribution in [1.82, 2.24) is 4.72 Å². The summed E-state index contributed by atoms with van der Waals surface area (Å²) < 4.78 is 29.9. The first-order chi connectivity index (χ1) is 5.64. The highest BCUT2D eigenvalue weighted by Gasteiger charge is 2.26. The summed E-state index contributed by atoms with van der Waals surface area (Å²) in [5.41, 5.74) is 0. The summed E-state index contributed by atoms with van der Waals surface area (Å²) in [6, 6.07) is 0.205. The third-order valence-electron chi connectivity index (χ3n) is 1.62. The van der Waals surface area contributed by atoms with Gasteiger partial charge in [0, 0.05) is 12.6 Å². The molecule has 0 unspecified atom stereocenters. The van der Waals surface area contributed by atoms with Gasteiger partial charge in [-0.25, -0.2) is 13.1 Å². The number of hydrogen-bond acceptors (Lipinski definition) is 3. The first-order valence-corrected chi connectivity index (χ1v) is 5.87. The number of rotatable bonds is 6. The molecule has 0 aromatic rings. The molecule has 0 aliphatic heterocycles. The maximum absolute atomic E-state index is 11.2. The van der Waals surface area contributed by atoms with Crippen LogP contribution in [0.5, 0.6) is 0 Å². The Morgan fingerprint density at radius 2 is 2.17 bits per heavy atom. The van der Waals surface area contributed by atoms with E-state index in [1.165, 1.54) is 0 Å². The highest BCUT2D eigenvalue weighted by atomic mass is 32.2. The van der Waals surface area contributed by atoms with Crippen LogP contribution in [0.4, 0.5) is 0 Å². The molecule has 1 aliphatic carbocycles. The number of sulfonamides is 1. The van der Waals surface area contributed by atoms with Crippen molar-refractivity contribution in [1.29, 1.82) is 0 Å². The number of hydrogen-bond donors (Lipinski definition) is 1. The monoisotopic (exact) mass is 193 g/mol. The molecule has 1 fully saturated rings. The standard InChI is InChI=1S/C7H15NO3S/c1-2-11-5-6-12(9,10)8-7-3-4-7/h7-8H,2-6H2,1H3. The molecule has 0 radical (unpaired) electrons. The molecule has 1 saturated carbocycles. The largest absolute Gasteiger partial charge is 0.381 e. The Kier molecular flexibility index (Phi) is 3.49. The van der Waals surface area contributed by atoms with Gasteiger partial charge in [-0.05, 0) is 19.8 Å². The van der Waals surface area contributed by atoms with Crippen LogP contribution >= 0.6 is 0 Å². The average molecular weight is 193 g/mol. The fourth-order valence-corrected chi connectivity index (χ4v) is 2.03. The van der Waals surface area contributed by atoms with E-state index in [0.717, 1.165) is 12.8 Å². The Balaban J connectivity index is 2.17. The minimum Gasteiger partial charge on any atom is -0.381 e. The van der Waals surface area contributed by atoms with Crippen LogP contribution in [0.1, 0.15) is 19.8 Å². The van der Waals surface area contributed by atoms with Crippen LogP contribution in [-0.2, 0) is 14.8 Å². The Labute approximate surface area is 73.3 Å². The van der Waals surface area contributed by atoms with E-state index in [-0.39, 0.29) is 11.8 Å². The quantitative estimate of drug-likeness (QED) is 0.609. The fourth-order valence-electron chi connectivity index (χ4n) is 0.827. The third kappa shape index (κ3) is 4.04. The predicted octanol–water partition coefficient (Wildman–Crippen LogP) is 0.105. The Morgan fingerprint density at radius 1 is 1.50 bits per heavy atom. The molecule has 0 bridgehead atoms. The van der Waals surface area contributed by atoms with Crippen LogP contribution in [0.25, 0.3) is 0 Å². The van der Waals surface area contributed by atoms with Crippen molar-refractivity contribution < 1.29 is 13.2 Å². The summed E-state index contributed by atoms with van der Waals surface area (Å²) in [7, 11) is -3.07. The second-order valence-corrected chi connectivity index (χ2v) is 4.78. The lowest BCUT2D eigenvalue weighted by molar-refractivity contribution is 0.163. The maximum atomic E-state index is 11.2. The molecule has 0 atom stereocenters. The molecule has 1 N–H and O–H groups in total. The SMILES string of the molecule is CCOCCS(=O)(=O)NC1CC1. The van der Waals surface area contributed by atoms with Crippen LogP contribution in [0.15, 0.2) is 0 Å². The Bertz CT molecular complexity index is 221. The van der Waals surface area contributed by atoms with Crippen LogP contribution in [0, 0.1) is 0 Å². The number of nitrogens with one attached hydrogen (secondary N) is 1. The van der Waals surface area contributed by atoms with E-state index in [0.29, 0.717) is 13.2 Å². The molecule has 12 heavy (non-hydrogen) atoms. The van der Waals surface area contributed by atoms with Gasteiger partial charge >= 0.3 is 0 Å². The van der Waals surface area contributed by atoms with E-state index < -0.39 is 10.0 Å². The molecule has 0 heterocycles. The molecule has 0 aromatic carbocycles. The van der Waals surface area contributed by atoms with E-state index in [4.69, 9.17) is 4.74 Å². The summed E-state index contributed by atoms with van der Waals surface area (Å²) >= 11 is 0. The Morgan fingerprint density at radius 3 is 2.67 bits per heavy atom. The maximum Gasteiger partial charge on any atom is 0.214 e. The molecule has 0 amide bonds. The zero-order valence-electron chi connectivity index (χ0n) is 7.25. The topological polar surface area (TPSA) is 55.4 Å².